The van der Waals surface area contributed by atoms with Crippen molar-refractivity contribution in [1.29, 1.82) is 0 Å². The fourth-order valence-electron chi connectivity index (χ4n) is 6.39. The minimum Gasteiger partial charge on any atom is -0.469 e. The molecule has 254 valence electrons. The maximum absolute atomic E-state index is 11.6. The van der Waals surface area contributed by atoms with Crippen LogP contribution in [0, 0.1) is 23.7 Å². The molecule has 0 amide bonds. The van der Waals surface area contributed by atoms with Crippen molar-refractivity contribution in [3.8, 4) is 0 Å². The molecular weight excluding hydrogens is 577 g/mol. The van der Waals surface area contributed by atoms with Gasteiger partial charge >= 0.3 is 5.97 Å². The fraction of sp³-hybridized carbons (Fsp3) is 0.816. The first kappa shape index (κ1) is 39.2. The molecule has 0 heterocycles. The number of allylic oxidation sites excluding steroid dienone is 4. The van der Waals surface area contributed by atoms with Crippen molar-refractivity contribution in [2.24, 2.45) is 23.7 Å². The summed E-state index contributed by atoms with van der Waals surface area (Å²) in [5.74, 6) is 2.21. The highest BCUT2D eigenvalue weighted by Gasteiger charge is 2.50. The van der Waals surface area contributed by atoms with E-state index in [0.717, 1.165) is 38.5 Å². The van der Waals surface area contributed by atoms with Crippen molar-refractivity contribution in [3.05, 3.63) is 35.5 Å². The predicted molar refractivity (Wildman–Crippen MR) is 194 cm³/mol. The minimum atomic E-state index is -1.94. The van der Waals surface area contributed by atoms with Crippen molar-refractivity contribution in [2.45, 2.75) is 169 Å². The highest BCUT2D eigenvalue weighted by molar-refractivity contribution is 6.74. The number of unbranched alkanes of at least 4 members (excludes halogenated alkanes) is 1. The summed E-state index contributed by atoms with van der Waals surface area (Å²) < 4.78 is 19.2. The summed E-state index contributed by atoms with van der Waals surface area (Å²) in [6.45, 7) is 30.5. The molecule has 0 aromatic rings. The zero-order chi connectivity index (χ0) is 33.5. The second-order valence-corrected chi connectivity index (χ2v) is 26.9. The normalized spacial score (nSPS) is 25.4. The van der Waals surface area contributed by atoms with Crippen LogP contribution in [-0.2, 0) is 18.4 Å². The minimum absolute atomic E-state index is 0.108. The number of esters is 1. The molecule has 2 aliphatic rings. The lowest BCUT2D eigenvalue weighted by molar-refractivity contribution is -0.140. The third kappa shape index (κ3) is 11.7. The monoisotopic (exact) mass is 646 g/mol. The molecular formula is C38H70O4Si2. The molecule has 0 bridgehead atoms. The van der Waals surface area contributed by atoms with Crippen molar-refractivity contribution in [1.82, 2.24) is 0 Å². The molecule has 0 radical (unpaired) electrons. The zero-order valence-electron chi connectivity index (χ0n) is 31.3. The van der Waals surface area contributed by atoms with Crippen LogP contribution in [0.4, 0.5) is 0 Å². The molecule has 0 aromatic heterocycles. The summed E-state index contributed by atoms with van der Waals surface area (Å²) in [6.07, 6.45) is 19.4. The fourth-order valence-corrected chi connectivity index (χ4v) is 9.04. The number of carbonyl (C=O) groups is 1. The standard InChI is InChI=1S/C38H70O4Si2/c1-28(2)18-17-19-29(3)24-32(41-43(11,12)37(4,5)6)22-23-33-34-26-30(20-15-16-21-36(39)40-10)25-31(34)27-35(33)42-44(13,14)38(7,8)9/h18,20,22-23,29,31-35H,15-17,19,21,24-27H2,1-14H3/b23-22-,30-20+/t29-,31+,32-,33+,34+,35-/m1/s1. The van der Waals surface area contributed by atoms with E-state index >= 15 is 0 Å². The third-order valence-corrected chi connectivity index (χ3v) is 20.2. The Balaban J connectivity index is 2.32. The van der Waals surface area contributed by atoms with Crippen LogP contribution in [0.25, 0.3) is 0 Å². The average Bonchev–Trinajstić information content (AvgIpc) is 3.39. The quantitative estimate of drug-likeness (QED) is 0.0768. The summed E-state index contributed by atoms with van der Waals surface area (Å²) in [5, 5.41) is 0.369. The molecule has 4 nitrogen and oxygen atoms in total. The van der Waals surface area contributed by atoms with Gasteiger partial charge in [0.1, 0.15) is 0 Å². The van der Waals surface area contributed by atoms with Crippen LogP contribution in [-0.4, -0.2) is 41.9 Å². The predicted octanol–water partition coefficient (Wildman–Crippen LogP) is 11.4. The van der Waals surface area contributed by atoms with Gasteiger partial charge in [0, 0.05) is 12.3 Å². The lowest BCUT2D eigenvalue weighted by atomic mass is 9.89. The molecule has 0 spiro atoms. The van der Waals surface area contributed by atoms with Gasteiger partial charge in [0.25, 0.3) is 0 Å². The van der Waals surface area contributed by atoms with E-state index in [2.05, 4.69) is 113 Å². The average molecular weight is 647 g/mol. The van der Waals surface area contributed by atoms with Gasteiger partial charge in [0.05, 0.1) is 19.3 Å². The van der Waals surface area contributed by atoms with Gasteiger partial charge in [0.15, 0.2) is 16.6 Å². The molecule has 0 aliphatic heterocycles. The molecule has 0 aromatic carbocycles. The number of hydrogen-bond donors (Lipinski definition) is 0. The molecule has 44 heavy (non-hydrogen) atoms. The van der Waals surface area contributed by atoms with E-state index in [-0.39, 0.29) is 28.3 Å². The number of rotatable bonds is 15. The van der Waals surface area contributed by atoms with Crippen LogP contribution >= 0.6 is 0 Å². The van der Waals surface area contributed by atoms with Crippen LogP contribution in [0.5, 0.6) is 0 Å². The molecule has 6 atom stereocenters. The topological polar surface area (TPSA) is 44.8 Å². The van der Waals surface area contributed by atoms with Gasteiger partial charge in [-0.05, 0) is 119 Å². The van der Waals surface area contributed by atoms with Crippen LogP contribution in [0.3, 0.4) is 0 Å². The van der Waals surface area contributed by atoms with Crippen LogP contribution in [0.1, 0.15) is 120 Å². The summed E-state index contributed by atoms with van der Waals surface area (Å²) in [4.78, 5) is 11.6. The van der Waals surface area contributed by atoms with E-state index in [1.54, 1.807) is 5.57 Å². The molecule has 2 rings (SSSR count). The number of methoxy groups -OCH3 is 1. The Labute approximate surface area is 275 Å². The maximum Gasteiger partial charge on any atom is 0.305 e. The summed E-state index contributed by atoms with van der Waals surface area (Å²) in [6, 6.07) is 0. The first-order chi connectivity index (χ1) is 20.2. The van der Waals surface area contributed by atoms with E-state index in [1.807, 2.05) is 0 Å². The molecule has 0 unspecified atom stereocenters. The largest absolute Gasteiger partial charge is 0.469 e. The number of hydrogen-bond acceptors (Lipinski definition) is 4. The summed E-state index contributed by atoms with van der Waals surface area (Å²) >= 11 is 0. The van der Waals surface area contributed by atoms with Gasteiger partial charge in [0.2, 0.25) is 0 Å². The van der Waals surface area contributed by atoms with Crippen molar-refractivity contribution >= 4 is 22.6 Å². The first-order valence-corrected chi connectivity index (χ1v) is 23.4. The Morgan fingerprint density at radius 2 is 1.61 bits per heavy atom. The third-order valence-electron chi connectivity index (χ3n) is 11.2. The molecule has 2 saturated carbocycles. The van der Waals surface area contributed by atoms with Gasteiger partial charge in [-0.25, -0.2) is 0 Å². The van der Waals surface area contributed by atoms with Crippen molar-refractivity contribution < 1.29 is 18.4 Å². The van der Waals surface area contributed by atoms with Crippen LogP contribution < -0.4 is 0 Å². The van der Waals surface area contributed by atoms with E-state index in [9.17, 15) is 4.79 Å². The number of carbonyl (C=O) groups excluding carboxylic acids is 1. The van der Waals surface area contributed by atoms with Gasteiger partial charge in [-0.15, -0.1) is 0 Å². The molecule has 2 fully saturated rings. The van der Waals surface area contributed by atoms with E-state index < -0.39 is 16.6 Å². The zero-order valence-corrected chi connectivity index (χ0v) is 33.3. The molecule has 0 N–H and O–H groups in total. The van der Waals surface area contributed by atoms with Crippen LogP contribution in [0.2, 0.25) is 36.3 Å². The first-order valence-electron chi connectivity index (χ1n) is 17.6. The molecule has 0 saturated heterocycles. The van der Waals surface area contributed by atoms with Gasteiger partial charge in [-0.2, -0.15) is 0 Å². The van der Waals surface area contributed by atoms with Gasteiger partial charge in [-0.1, -0.05) is 83.9 Å². The highest BCUT2D eigenvalue weighted by Crippen LogP contribution is 2.53. The van der Waals surface area contributed by atoms with Crippen LogP contribution in [0.15, 0.2) is 35.5 Å². The Bertz CT molecular complexity index is 1010. The second kappa shape index (κ2) is 16.2. The SMILES string of the molecule is COC(=O)CCC/C=C1\C[C@H]2C[C@@H](O[Si](C)(C)C(C)(C)C)[C@@H](/C=C\[C@H](C[C@H](C)CCC=C(C)C)O[Si](C)(C)C(C)(C)C)[C@H]2C1. The van der Waals surface area contributed by atoms with Gasteiger partial charge < -0.3 is 13.6 Å². The Kier molecular flexibility index (Phi) is 14.5. The van der Waals surface area contributed by atoms with Crippen molar-refractivity contribution in [2.75, 3.05) is 7.11 Å². The van der Waals surface area contributed by atoms with E-state index in [1.165, 1.54) is 25.5 Å². The Morgan fingerprint density at radius 3 is 2.18 bits per heavy atom. The lowest BCUT2D eigenvalue weighted by Gasteiger charge is -2.40. The second-order valence-electron chi connectivity index (χ2n) is 17.4. The van der Waals surface area contributed by atoms with Crippen molar-refractivity contribution in [3.63, 3.8) is 0 Å². The number of fused-ring (bicyclic) bond motifs is 1. The highest BCUT2D eigenvalue weighted by atomic mass is 28.4. The van der Waals surface area contributed by atoms with E-state index in [4.69, 9.17) is 13.6 Å². The smallest absolute Gasteiger partial charge is 0.305 e. The summed E-state index contributed by atoms with van der Waals surface area (Å²) in [5.41, 5.74) is 2.99. The number of ether oxygens (including phenoxy) is 1. The summed E-state index contributed by atoms with van der Waals surface area (Å²) in [7, 11) is -2.37. The van der Waals surface area contributed by atoms with E-state index in [0.29, 0.717) is 30.1 Å². The molecule has 6 heteroatoms. The van der Waals surface area contributed by atoms with Gasteiger partial charge in [-0.3, -0.25) is 4.79 Å². The lowest BCUT2D eigenvalue weighted by Crippen LogP contribution is -2.45. The molecule has 2 aliphatic carbocycles. The Morgan fingerprint density at radius 1 is 0.977 bits per heavy atom. The Hall–Kier alpha value is -0.956. The maximum atomic E-state index is 11.6.